The van der Waals surface area contributed by atoms with E-state index in [1.807, 2.05) is 22.6 Å². The van der Waals surface area contributed by atoms with Crippen LogP contribution < -0.4 is 5.56 Å². The molecule has 0 saturated heterocycles. The average molecular weight is 371 g/mol. The van der Waals surface area contributed by atoms with E-state index in [0.717, 1.165) is 0 Å². The summed E-state index contributed by atoms with van der Waals surface area (Å²) in [5, 5.41) is 10.9. The van der Waals surface area contributed by atoms with Crippen molar-refractivity contribution in [2.24, 2.45) is 0 Å². The number of benzene rings is 1. The molecule has 0 spiro atoms. The number of aryl methyl sites for hydroxylation is 1. The van der Waals surface area contributed by atoms with E-state index in [1.54, 1.807) is 25.1 Å². The van der Waals surface area contributed by atoms with E-state index < -0.39 is 4.92 Å². The summed E-state index contributed by atoms with van der Waals surface area (Å²) in [6.45, 7) is 1.85. The molecule has 1 heterocycles. The number of rotatable bonds is 3. The number of hydrogen-bond donors (Lipinski definition) is 0. The first kappa shape index (κ1) is 13.7. The molecule has 0 aliphatic rings. The third-order valence-corrected chi connectivity index (χ3v) is 3.46. The van der Waals surface area contributed by atoms with Crippen molar-refractivity contribution >= 4 is 28.3 Å². The van der Waals surface area contributed by atoms with Crippen molar-refractivity contribution in [2.45, 2.75) is 13.5 Å². The maximum Gasteiger partial charge on any atom is 0.274 e. The Labute approximate surface area is 122 Å². The van der Waals surface area contributed by atoms with Gasteiger partial charge in [-0.2, -0.15) is 0 Å². The Balaban J connectivity index is 2.51. The van der Waals surface area contributed by atoms with Crippen molar-refractivity contribution in [1.29, 1.82) is 0 Å². The molecule has 0 bridgehead atoms. The van der Waals surface area contributed by atoms with Gasteiger partial charge in [0.15, 0.2) is 0 Å². The van der Waals surface area contributed by atoms with Crippen molar-refractivity contribution in [2.75, 3.05) is 0 Å². The minimum absolute atomic E-state index is 0.00709. The number of halogens is 1. The third kappa shape index (κ3) is 2.80. The predicted octanol–water partition coefficient (Wildman–Crippen LogP) is 2.11. The third-order valence-electron chi connectivity index (χ3n) is 2.72. The molecular formula is C12H10IN3O3. The van der Waals surface area contributed by atoms with Crippen LogP contribution in [0.3, 0.4) is 0 Å². The van der Waals surface area contributed by atoms with E-state index in [1.165, 1.54) is 16.8 Å². The maximum atomic E-state index is 12.0. The van der Waals surface area contributed by atoms with Crippen LogP contribution in [0.5, 0.6) is 0 Å². The summed E-state index contributed by atoms with van der Waals surface area (Å²) in [4.78, 5) is 26.6. The number of nitro groups is 1. The molecular weight excluding hydrogens is 361 g/mol. The first-order chi connectivity index (χ1) is 9.00. The van der Waals surface area contributed by atoms with Gasteiger partial charge in [0.25, 0.3) is 11.2 Å². The average Bonchev–Trinajstić information content (AvgIpc) is 2.39. The van der Waals surface area contributed by atoms with E-state index >= 15 is 0 Å². The van der Waals surface area contributed by atoms with Gasteiger partial charge >= 0.3 is 0 Å². The van der Waals surface area contributed by atoms with E-state index in [2.05, 4.69) is 4.98 Å². The lowest BCUT2D eigenvalue weighted by Crippen LogP contribution is -2.26. The second kappa shape index (κ2) is 5.47. The van der Waals surface area contributed by atoms with Gasteiger partial charge in [-0.1, -0.05) is 18.2 Å². The molecule has 0 radical (unpaired) electrons. The first-order valence-electron chi connectivity index (χ1n) is 5.45. The van der Waals surface area contributed by atoms with Crippen molar-refractivity contribution < 1.29 is 4.92 Å². The summed E-state index contributed by atoms with van der Waals surface area (Å²) in [5.41, 5.74) is 0.306. The fourth-order valence-corrected chi connectivity index (χ4v) is 2.16. The molecule has 0 saturated carbocycles. The fourth-order valence-electron chi connectivity index (χ4n) is 1.73. The van der Waals surface area contributed by atoms with Crippen molar-refractivity contribution in [1.82, 2.24) is 9.55 Å². The summed E-state index contributed by atoms with van der Waals surface area (Å²) in [6, 6.07) is 6.38. The van der Waals surface area contributed by atoms with Crippen molar-refractivity contribution in [3.8, 4) is 0 Å². The van der Waals surface area contributed by atoms with Gasteiger partial charge < -0.3 is 0 Å². The Morgan fingerprint density at radius 3 is 2.79 bits per heavy atom. The molecule has 0 fully saturated rings. The molecule has 6 nitrogen and oxygen atoms in total. The molecule has 0 aliphatic heterocycles. The standard InChI is InChI=1S/C12H10IN3O3/c1-8-14-6-10(13)12(17)15(8)7-9-4-2-3-5-11(9)16(18)19/h2-6H,7H2,1H3. The second-order valence-electron chi connectivity index (χ2n) is 3.93. The lowest BCUT2D eigenvalue weighted by molar-refractivity contribution is -0.385. The van der Waals surface area contributed by atoms with E-state index in [-0.39, 0.29) is 17.8 Å². The zero-order chi connectivity index (χ0) is 14.0. The maximum absolute atomic E-state index is 12.0. The van der Waals surface area contributed by atoms with Gasteiger partial charge in [-0.05, 0) is 29.5 Å². The minimum atomic E-state index is -0.447. The Morgan fingerprint density at radius 2 is 2.11 bits per heavy atom. The summed E-state index contributed by atoms with van der Waals surface area (Å²) in [6.07, 6.45) is 1.49. The van der Waals surface area contributed by atoms with Crippen LogP contribution >= 0.6 is 22.6 Å². The van der Waals surface area contributed by atoms with Gasteiger partial charge in [-0.15, -0.1) is 0 Å². The van der Waals surface area contributed by atoms with Crippen LogP contribution in [0.2, 0.25) is 0 Å². The number of para-hydroxylation sites is 1. The molecule has 0 unspecified atom stereocenters. The zero-order valence-electron chi connectivity index (χ0n) is 10.0. The highest BCUT2D eigenvalue weighted by molar-refractivity contribution is 14.1. The SMILES string of the molecule is Cc1ncc(I)c(=O)n1Cc1ccccc1[N+](=O)[O-]. The highest BCUT2D eigenvalue weighted by atomic mass is 127. The van der Waals surface area contributed by atoms with E-state index in [4.69, 9.17) is 0 Å². The molecule has 0 N–H and O–H groups in total. The molecule has 1 aromatic carbocycles. The van der Waals surface area contributed by atoms with Crippen LogP contribution in [0.4, 0.5) is 5.69 Å². The van der Waals surface area contributed by atoms with Crippen LogP contribution in [-0.4, -0.2) is 14.5 Å². The molecule has 1 aromatic heterocycles. The monoisotopic (exact) mass is 371 g/mol. The van der Waals surface area contributed by atoms with Crippen LogP contribution in [0, 0.1) is 20.6 Å². The lowest BCUT2D eigenvalue weighted by Gasteiger charge is -2.09. The predicted molar refractivity (Wildman–Crippen MR) is 78.1 cm³/mol. The van der Waals surface area contributed by atoms with Gasteiger partial charge in [0.05, 0.1) is 15.0 Å². The van der Waals surface area contributed by atoms with Crippen molar-refractivity contribution in [3.63, 3.8) is 0 Å². The van der Waals surface area contributed by atoms with Crippen LogP contribution in [0.15, 0.2) is 35.3 Å². The highest BCUT2D eigenvalue weighted by Gasteiger charge is 2.14. The van der Waals surface area contributed by atoms with E-state index in [9.17, 15) is 14.9 Å². The molecule has 2 rings (SSSR count). The minimum Gasteiger partial charge on any atom is -0.291 e. The van der Waals surface area contributed by atoms with Crippen LogP contribution in [0.25, 0.3) is 0 Å². The van der Waals surface area contributed by atoms with Crippen molar-refractivity contribution in [3.05, 3.63) is 65.9 Å². The normalized spacial score (nSPS) is 10.4. The van der Waals surface area contributed by atoms with Gasteiger partial charge in [-0.3, -0.25) is 19.5 Å². The molecule has 19 heavy (non-hydrogen) atoms. The number of nitrogens with zero attached hydrogens (tertiary/aromatic N) is 3. The van der Waals surface area contributed by atoms with Gasteiger partial charge in [0, 0.05) is 17.8 Å². The highest BCUT2D eigenvalue weighted by Crippen LogP contribution is 2.18. The largest absolute Gasteiger partial charge is 0.291 e. The van der Waals surface area contributed by atoms with Gasteiger partial charge in [-0.25, -0.2) is 4.98 Å². The topological polar surface area (TPSA) is 78.0 Å². The Bertz CT molecular complexity index is 697. The Kier molecular flexibility index (Phi) is 3.93. The molecule has 0 atom stereocenters. The van der Waals surface area contributed by atoms with Gasteiger partial charge in [0.2, 0.25) is 0 Å². The molecule has 2 aromatic rings. The molecule has 0 aliphatic carbocycles. The molecule has 98 valence electrons. The first-order valence-corrected chi connectivity index (χ1v) is 6.53. The molecule has 7 heteroatoms. The lowest BCUT2D eigenvalue weighted by atomic mass is 10.2. The summed E-state index contributed by atoms with van der Waals surface area (Å²) < 4.78 is 1.92. The molecule has 0 amide bonds. The van der Waals surface area contributed by atoms with Gasteiger partial charge in [0.1, 0.15) is 5.82 Å². The quantitative estimate of drug-likeness (QED) is 0.471. The number of nitro benzene ring substituents is 1. The fraction of sp³-hybridized carbons (Fsp3) is 0.167. The van der Waals surface area contributed by atoms with Crippen LogP contribution in [-0.2, 0) is 6.54 Å². The Morgan fingerprint density at radius 1 is 1.42 bits per heavy atom. The summed E-state index contributed by atoms with van der Waals surface area (Å²) in [7, 11) is 0. The smallest absolute Gasteiger partial charge is 0.274 e. The number of aromatic nitrogens is 2. The second-order valence-corrected chi connectivity index (χ2v) is 5.09. The summed E-state index contributed by atoms with van der Waals surface area (Å²) in [5.74, 6) is 0.531. The van der Waals surface area contributed by atoms with Crippen LogP contribution in [0.1, 0.15) is 11.4 Å². The Hall–Kier alpha value is -1.77. The number of hydrogen-bond acceptors (Lipinski definition) is 4. The zero-order valence-corrected chi connectivity index (χ0v) is 12.2. The summed E-state index contributed by atoms with van der Waals surface area (Å²) >= 11 is 1.90. The van der Waals surface area contributed by atoms with E-state index in [0.29, 0.717) is 15.0 Å².